The number of carbonyl (C=O) groups is 2. The summed E-state index contributed by atoms with van der Waals surface area (Å²) in [7, 11) is 2.72. The maximum atomic E-state index is 12.8. The minimum absolute atomic E-state index is 0.267. The fourth-order valence-corrected chi connectivity index (χ4v) is 3.21. The smallest absolute Gasteiger partial charge is 0.276 e. The number of nitrogens with one attached hydrogen (secondary N) is 2. The normalized spacial score (nSPS) is 13.1. The molecule has 7 nitrogen and oxygen atoms in total. The Morgan fingerprint density at radius 1 is 1.21 bits per heavy atom. The van der Waals surface area contributed by atoms with Crippen LogP contribution >= 0.6 is 11.6 Å². The number of aliphatic hydroxyl groups is 1. The van der Waals surface area contributed by atoms with Crippen LogP contribution in [-0.2, 0) is 16.1 Å². The molecule has 2 atom stereocenters. The fraction of sp³-hybridized carbons (Fsp3) is 0.238. The van der Waals surface area contributed by atoms with Crippen LogP contribution in [0.5, 0.6) is 0 Å². The first-order chi connectivity index (χ1) is 13.9. The predicted molar refractivity (Wildman–Crippen MR) is 110 cm³/mol. The molecule has 1 heterocycles. The number of rotatable bonds is 7. The molecule has 0 radical (unpaired) electrons. The molecule has 3 N–H and O–H groups in total. The molecule has 0 spiro atoms. The monoisotopic (exact) mass is 415 g/mol. The average Bonchev–Trinajstić information content (AvgIpc) is 3.15. The first kappa shape index (κ1) is 20.9. The molecule has 3 aromatic rings. The topological polar surface area (TPSA) is 94.7 Å². The second-order valence-electron chi connectivity index (χ2n) is 6.65. The molecule has 0 unspecified atom stereocenters. The van der Waals surface area contributed by atoms with Crippen LogP contribution in [0.2, 0.25) is 5.02 Å². The lowest BCUT2D eigenvalue weighted by Gasteiger charge is -2.26. The van der Waals surface area contributed by atoms with Gasteiger partial charge in [0.25, 0.3) is 11.8 Å². The van der Waals surface area contributed by atoms with Crippen LogP contribution in [0.15, 0.2) is 54.6 Å². The minimum atomic E-state index is -1.48. The molecule has 3 rings (SSSR count). The van der Waals surface area contributed by atoms with Crippen molar-refractivity contribution in [2.75, 3.05) is 14.2 Å². The van der Waals surface area contributed by atoms with E-state index in [-0.39, 0.29) is 6.42 Å². The number of likely N-dealkylation sites (N-methyl/N-ethyl adjacent to an activating group) is 1. The lowest BCUT2D eigenvalue weighted by Crippen LogP contribution is -2.51. The fourth-order valence-electron chi connectivity index (χ4n) is 3.03. The number of halogens is 1. The Hall–Kier alpha value is -2.87. The highest BCUT2D eigenvalue weighted by Gasteiger charge is 2.31. The summed E-state index contributed by atoms with van der Waals surface area (Å²) in [5, 5.41) is 15.6. The van der Waals surface area contributed by atoms with Crippen molar-refractivity contribution in [3.8, 4) is 0 Å². The number of benzene rings is 2. The van der Waals surface area contributed by atoms with Gasteiger partial charge in [0.05, 0.1) is 13.2 Å². The van der Waals surface area contributed by atoms with Crippen LogP contribution in [0, 0.1) is 0 Å². The third kappa shape index (κ3) is 4.95. The number of aromatic nitrogens is 1. The molecule has 0 aliphatic heterocycles. The molecule has 0 saturated carbocycles. The van der Waals surface area contributed by atoms with Crippen molar-refractivity contribution < 1.29 is 19.5 Å². The highest BCUT2D eigenvalue weighted by Crippen LogP contribution is 2.20. The van der Waals surface area contributed by atoms with Gasteiger partial charge in [0.1, 0.15) is 5.69 Å². The maximum Gasteiger partial charge on any atom is 0.276 e. The quantitative estimate of drug-likeness (QED) is 0.517. The van der Waals surface area contributed by atoms with E-state index < -0.39 is 24.0 Å². The van der Waals surface area contributed by atoms with E-state index in [9.17, 15) is 14.7 Å². The number of amides is 2. The maximum absolute atomic E-state index is 12.8. The van der Waals surface area contributed by atoms with Crippen LogP contribution in [0.1, 0.15) is 16.1 Å². The summed E-state index contributed by atoms with van der Waals surface area (Å²) in [6, 6.07) is 15.4. The Morgan fingerprint density at radius 2 is 1.93 bits per heavy atom. The summed E-state index contributed by atoms with van der Waals surface area (Å²) in [5.41, 5.74) is 1.93. The van der Waals surface area contributed by atoms with Crippen LogP contribution < -0.4 is 5.32 Å². The van der Waals surface area contributed by atoms with E-state index in [2.05, 4.69) is 10.3 Å². The Kier molecular flexibility index (Phi) is 6.53. The molecule has 8 heteroatoms. The van der Waals surface area contributed by atoms with E-state index in [0.717, 1.165) is 21.5 Å². The van der Waals surface area contributed by atoms with Gasteiger partial charge in [0.2, 0.25) is 0 Å². The summed E-state index contributed by atoms with van der Waals surface area (Å²) in [6.07, 6.45) is -1.22. The van der Waals surface area contributed by atoms with Crippen LogP contribution in [0.25, 0.3) is 10.9 Å². The van der Waals surface area contributed by atoms with Gasteiger partial charge < -0.3 is 15.4 Å². The molecular formula is C21H22ClN3O4. The van der Waals surface area contributed by atoms with Gasteiger partial charge in [0.15, 0.2) is 6.10 Å². The predicted octanol–water partition coefficient (Wildman–Crippen LogP) is 2.54. The summed E-state index contributed by atoms with van der Waals surface area (Å²) in [5.74, 6) is -1.10. The lowest BCUT2D eigenvalue weighted by molar-refractivity contribution is -0.179. The summed E-state index contributed by atoms with van der Waals surface area (Å²) >= 11 is 6.00. The first-order valence-corrected chi connectivity index (χ1v) is 9.39. The van der Waals surface area contributed by atoms with Crippen LogP contribution in [0.4, 0.5) is 0 Å². The first-order valence-electron chi connectivity index (χ1n) is 9.02. The largest absolute Gasteiger partial charge is 0.381 e. The number of hydrogen-bond donors (Lipinski definition) is 3. The highest BCUT2D eigenvalue weighted by molar-refractivity contribution is 6.31. The number of nitrogens with zero attached hydrogens (tertiary/aromatic N) is 1. The standard InChI is InChI=1S/C21H22ClN3O4/c1-25(29-2)21(28)19(26)17(10-13-6-4-3-5-7-13)24-20(27)18-12-14-11-15(22)8-9-16(14)23-18/h3-9,11-12,17,19,23,26H,10H2,1-2H3,(H,24,27)/t17-,19+/m1/s1. The number of aliphatic hydroxyl groups excluding tert-OH is 1. The Labute approximate surface area is 173 Å². The number of aromatic amines is 1. The number of hydroxylamine groups is 2. The molecule has 0 aliphatic rings. The summed E-state index contributed by atoms with van der Waals surface area (Å²) in [4.78, 5) is 33.1. The zero-order chi connectivity index (χ0) is 21.0. The van der Waals surface area contributed by atoms with Gasteiger partial charge in [0, 0.05) is 23.0 Å². The third-order valence-corrected chi connectivity index (χ3v) is 4.90. The van der Waals surface area contributed by atoms with Crippen molar-refractivity contribution in [3.05, 3.63) is 70.9 Å². The number of H-pyrrole nitrogens is 1. The Bertz CT molecular complexity index is 1010. The van der Waals surface area contributed by atoms with Crippen molar-refractivity contribution in [2.45, 2.75) is 18.6 Å². The minimum Gasteiger partial charge on any atom is -0.381 e. The molecule has 2 amide bonds. The molecule has 0 saturated heterocycles. The Morgan fingerprint density at radius 3 is 2.62 bits per heavy atom. The average molecular weight is 416 g/mol. The van der Waals surface area contributed by atoms with Crippen LogP contribution in [-0.4, -0.2) is 53.3 Å². The second kappa shape index (κ2) is 9.09. The van der Waals surface area contributed by atoms with Crippen molar-refractivity contribution in [2.24, 2.45) is 0 Å². The third-order valence-electron chi connectivity index (χ3n) is 4.66. The molecule has 1 aromatic heterocycles. The van der Waals surface area contributed by atoms with E-state index in [4.69, 9.17) is 16.4 Å². The van der Waals surface area contributed by atoms with Crippen molar-refractivity contribution in [1.29, 1.82) is 0 Å². The summed E-state index contributed by atoms with van der Waals surface area (Å²) < 4.78 is 0. The molecule has 0 fully saturated rings. The molecule has 0 bridgehead atoms. The van der Waals surface area contributed by atoms with Crippen LogP contribution in [0.3, 0.4) is 0 Å². The molecule has 2 aromatic carbocycles. The van der Waals surface area contributed by atoms with Gasteiger partial charge in [-0.05, 0) is 36.2 Å². The van der Waals surface area contributed by atoms with Crippen molar-refractivity contribution in [3.63, 3.8) is 0 Å². The summed E-state index contributed by atoms with van der Waals surface area (Å²) in [6.45, 7) is 0. The van der Waals surface area contributed by atoms with Crippen molar-refractivity contribution >= 4 is 34.3 Å². The number of hydrogen-bond acceptors (Lipinski definition) is 4. The van der Waals surface area contributed by atoms with Crippen molar-refractivity contribution in [1.82, 2.24) is 15.4 Å². The van der Waals surface area contributed by atoms with Gasteiger partial charge in [-0.1, -0.05) is 41.9 Å². The highest BCUT2D eigenvalue weighted by atomic mass is 35.5. The van der Waals surface area contributed by atoms with E-state index >= 15 is 0 Å². The molecule has 0 aliphatic carbocycles. The van der Waals surface area contributed by atoms with Gasteiger partial charge in [-0.25, -0.2) is 5.06 Å². The number of carbonyl (C=O) groups excluding carboxylic acids is 2. The molecule has 152 valence electrons. The van der Waals surface area contributed by atoms with E-state index in [1.165, 1.54) is 14.2 Å². The Balaban J connectivity index is 1.84. The zero-order valence-corrected chi connectivity index (χ0v) is 16.8. The van der Waals surface area contributed by atoms with Gasteiger partial charge >= 0.3 is 0 Å². The second-order valence-corrected chi connectivity index (χ2v) is 7.08. The number of fused-ring (bicyclic) bond motifs is 1. The van der Waals surface area contributed by atoms with Gasteiger partial charge in [-0.3, -0.25) is 14.4 Å². The molecular weight excluding hydrogens is 394 g/mol. The molecule has 29 heavy (non-hydrogen) atoms. The SMILES string of the molecule is CON(C)C(=O)[C@@H](O)[C@@H](Cc1ccccc1)NC(=O)c1cc2cc(Cl)ccc2[nH]1. The van der Waals surface area contributed by atoms with E-state index in [1.807, 2.05) is 30.3 Å². The van der Waals surface area contributed by atoms with Gasteiger partial charge in [-0.15, -0.1) is 0 Å². The van der Waals surface area contributed by atoms with Gasteiger partial charge in [-0.2, -0.15) is 0 Å². The van der Waals surface area contributed by atoms with E-state index in [1.54, 1.807) is 24.3 Å². The zero-order valence-electron chi connectivity index (χ0n) is 16.1. The lowest BCUT2D eigenvalue weighted by atomic mass is 10.0. The van der Waals surface area contributed by atoms with E-state index in [0.29, 0.717) is 10.7 Å².